The summed E-state index contributed by atoms with van der Waals surface area (Å²) in [5.74, 6) is 0.993. The highest BCUT2D eigenvalue weighted by atomic mass is 16.2. The molecule has 0 bridgehead atoms. The number of hydrogen-bond donors (Lipinski definition) is 2. The van der Waals surface area contributed by atoms with Crippen LogP contribution < -0.4 is 11.1 Å². The lowest BCUT2D eigenvalue weighted by Gasteiger charge is -2.40. The number of amides is 1. The molecule has 3 N–H and O–H groups in total. The minimum atomic E-state index is -0.278. The SMILES string of the molecule is CC1CCC(CN)(C(=O)NC2CCN3CCCC3C2)CC1. The zero-order valence-electron chi connectivity index (χ0n) is 13.4. The van der Waals surface area contributed by atoms with Crippen LogP contribution in [0.15, 0.2) is 0 Å². The number of piperidine rings is 1. The summed E-state index contributed by atoms with van der Waals surface area (Å²) in [6, 6.07) is 1.09. The molecule has 0 aromatic carbocycles. The minimum absolute atomic E-state index is 0.244. The third-order valence-electron chi connectivity index (χ3n) is 6.26. The van der Waals surface area contributed by atoms with Crippen LogP contribution in [0.4, 0.5) is 0 Å². The van der Waals surface area contributed by atoms with E-state index in [2.05, 4.69) is 17.1 Å². The highest BCUT2D eigenvalue weighted by Crippen LogP contribution is 2.38. The molecular formula is C17H31N3O. The van der Waals surface area contributed by atoms with Gasteiger partial charge in [-0.3, -0.25) is 4.79 Å². The first-order valence-electron chi connectivity index (χ1n) is 8.88. The fourth-order valence-electron chi connectivity index (χ4n) is 4.53. The van der Waals surface area contributed by atoms with Gasteiger partial charge in [-0.15, -0.1) is 0 Å². The summed E-state index contributed by atoms with van der Waals surface area (Å²) in [6.45, 7) is 5.21. The Morgan fingerprint density at radius 1 is 1.24 bits per heavy atom. The molecule has 3 rings (SSSR count). The Morgan fingerprint density at radius 2 is 2.00 bits per heavy atom. The Balaban J connectivity index is 1.57. The van der Waals surface area contributed by atoms with Crippen LogP contribution in [-0.2, 0) is 4.79 Å². The number of nitrogens with one attached hydrogen (secondary N) is 1. The molecule has 4 heteroatoms. The van der Waals surface area contributed by atoms with Crippen LogP contribution in [0.3, 0.4) is 0 Å². The van der Waals surface area contributed by atoms with Crippen LogP contribution in [0.5, 0.6) is 0 Å². The molecule has 3 fully saturated rings. The molecule has 0 aromatic heterocycles. The largest absolute Gasteiger partial charge is 0.353 e. The Hall–Kier alpha value is -0.610. The Kier molecular flexibility index (Phi) is 4.55. The second kappa shape index (κ2) is 6.25. The third-order valence-corrected chi connectivity index (χ3v) is 6.26. The highest BCUT2D eigenvalue weighted by molar-refractivity contribution is 5.83. The lowest BCUT2D eigenvalue weighted by molar-refractivity contribution is -0.134. The van der Waals surface area contributed by atoms with E-state index in [9.17, 15) is 4.79 Å². The summed E-state index contributed by atoms with van der Waals surface area (Å²) in [5, 5.41) is 3.36. The molecule has 1 saturated carbocycles. The molecule has 120 valence electrons. The smallest absolute Gasteiger partial charge is 0.227 e. The van der Waals surface area contributed by atoms with Gasteiger partial charge in [-0.05, 0) is 63.8 Å². The van der Waals surface area contributed by atoms with Gasteiger partial charge < -0.3 is 16.0 Å². The van der Waals surface area contributed by atoms with E-state index >= 15 is 0 Å². The lowest BCUT2D eigenvalue weighted by Crippen LogP contribution is -2.54. The molecule has 1 amide bonds. The van der Waals surface area contributed by atoms with Crippen LogP contribution in [-0.4, -0.2) is 42.5 Å². The number of nitrogens with two attached hydrogens (primary N) is 1. The standard InChI is InChI=1S/C17H31N3O/c1-13-4-7-17(12-18,8-5-13)16(21)19-14-6-10-20-9-2-3-15(20)11-14/h13-15H,2-12,18H2,1H3,(H,19,21). The molecule has 2 aliphatic heterocycles. The van der Waals surface area contributed by atoms with Crippen molar-refractivity contribution in [2.45, 2.75) is 70.4 Å². The molecule has 4 nitrogen and oxygen atoms in total. The Morgan fingerprint density at radius 3 is 2.71 bits per heavy atom. The fourth-order valence-corrected chi connectivity index (χ4v) is 4.53. The highest BCUT2D eigenvalue weighted by Gasteiger charge is 2.41. The van der Waals surface area contributed by atoms with Crippen molar-refractivity contribution in [1.29, 1.82) is 0 Å². The van der Waals surface area contributed by atoms with Crippen molar-refractivity contribution in [2.24, 2.45) is 17.1 Å². The zero-order valence-corrected chi connectivity index (χ0v) is 13.4. The molecule has 0 radical (unpaired) electrons. The maximum absolute atomic E-state index is 12.8. The van der Waals surface area contributed by atoms with Crippen molar-refractivity contribution < 1.29 is 4.79 Å². The summed E-state index contributed by atoms with van der Waals surface area (Å²) in [4.78, 5) is 15.4. The molecule has 2 saturated heterocycles. The third kappa shape index (κ3) is 3.11. The van der Waals surface area contributed by atoms with Gasteiger partial charge in [0, 0.05) is 25.2 Å². The number of nitrogens with zero attached hydrogens (tertiary/aromatic N) is 1. The predicted molar refractivity (Wildman–Crippen MR) is 84.9 cm³/mol. The van der Waals surface area contributed by atoms with Crippen molar-refractivity contribution in [1.82, 2.24) is 10.2 Å². The van der Waals surface area contributed by atoms with E-state index in [4.69, 9.17) is 5.73 Å². The molecule has 21 heavy (non-hydrogen) atoms. The van der Waals surface area contributed by atoms with Crippen LogP contribution in [0.2, 0.25) is 0 Å². The van der Waals surface area contributed by atoms with Gasteiger partial charge in [0.2, 0.25) is 5.91 Å². The minimum Gasteiger partial charge on any atom is -0.353 e. The molecular weight excluding hydrogens is 262 g/mol. The summed E-state index contributed by atoms with van der Waals surface area (Å²) in [6.07, 6.45) is 9.12. The summed E-state index contributed by atoms with van der Waals surface area (Å²) >= 11 is 0. The number of carbonyl (C=O) groups excluding carboxylic acids is 1. The molecule has 2 atom stereocenters. The maximum atomic E-state index is 12.8. The van der Waals surface area contributed by atoms with Gasteiger partial charge >= 0.3 is 0 Å². The van der Waals surface area contributed by atoms with E-state index in [0.717, 1.165) is 51.0 Å². The first-order chi connectivity index (χ1) is 10.1. The number of rotatable bonds is 3. The van der Waals surface area contributed by atoms with Gasteiger partial charge in [0.1, 0.15) is 0 Å². The monoisotopic (exact) mass is 293 g/mol. The summed E-state index contributed by atoms with van der Waals surface area (Å²) < 4.78 is 0. The molecule has 2 heterocycles. The Bertz CT molecular complexity index is 376. The average molecular weight is 293 g/mol. The quantitative estimate of drug-likeness (QED) is 0.835. The molecule has 3 aliphatic rings. The van der Waals surface area contributed by atoms with Gasteiger partial charge in [0.05, 0.1) is 5.41 Å². The van der Waals surface area contributed by atoms with E-state index in [1.807, 2.05) is 0 Å². The van der Waals surface area contributed by atoms with E-state index < -0.39 is 0 Å². The topological polar surface area (TPSA) is 58.4 Å². The normalized spacial score (nSPS) is 40.8. The van der Waals surface area contributed by atoms with Gasteiger partial charge in [-0.2, -0.15) is 0 Å². The Labute approximate surface area is 128 Å². The van der Waals surface area contributed by atoms with Crippen molar-refractivity contribution in [3.63, 3.8) is 0 Å². The van der Waals surface area contributed by atoms with Crippen molar-refractivity contribution >= 4 is 5.91 Å². The predicted octanol–water partition coefficient (Wildman–Crippen LogP) is 1.88. The van der Waals surface area contributed by atoms with Gasteiger partial charge in [0.25, 0.3) is 0 Å². The number of carbonyl (C=O) groups is 1. The fraction of sp³-hybridized carbons (Fsp3) is 0.941. The second-order valence-electron chi connectivity index (χ2n) is 7.69. The first-order valence-corrected chi connectivity index (χ1v) is 8.88. The van der Waals surface area contributed by atoms with Crippen LogP contribution in [0, 0.1) is 11.3 Å². The molecule has 0 aromatic rings. The molecule has 1 aliphatic carbocycles. The van der Waals surface area contributed by atoms with Gasteiger partial charge in [-0.25, -0.2) is 0 Å². The van der Waals surface area contributed by atoms with Gasteiger partial charge in [0.15, 0.2) is 0 Å². The van der Waals surface area contributed by atoms with Crippen molar-refractivity contribution in [3.8, 4) is 0 Å². The maximum Gasteiger partial charge on any atom is 0.227 e. The zero-order chi connectivity index (χ0) is 14.9. The van der Waals surface area contributed by atoms with Gasteiger partial charge in [-0.1, -0.05) is 6.92 Å². The van der Waals surface area contributed by atoms with Crippen molar-refractivity contribution in [3.05, 3.63) is 0 Å². The van der Waals surface area contributed by atoms with E-state index in [1.54, 1.807) is 0 Å². The van der Waals surface area contributed by atoms with E-state index in [-0.39, 0.29) is 11.3 Å². The van der Waals surface area contributed by atoms with Crippen molar-refractivity contribution in [2.75, 3.05) is 19.6 Å². The molecule has 2 unspecified atom stereocenters. The van der Waals surface area contributed by atoms with Crippen LogP contribution in [0.1, 0.15) is 58.3 Å². The molecule has 0 spiro atoms. The lowest BCUT2D eigenvalue weighted by atomic mass is 9.70. The average Bonchev–Trinajstić information content (AvgIpc) is 2.96. The summed E-state index contributed by atoms with van der Waals surface area (Å²) in [7, 11) is 0. The van der Waals surface area contributed by atoms with E-state index in [1.165, 1.54) is 19.4 Å². The number of hydrogen-bond acceptors (Lipinski definition) is 3. The van der Waals surface area contributed by atoms with Crippen LogP contribution >= 0.6 is 0 Å². The summed E-state index contributed by atoms with van der Waals surface area (Å²) in [5.41, 5.74) is 5.73. The second-order valence-corrected chi connectivity index (χ2v) is 7.69. The van der Waals surface area contributed by atoms with E-state index in [0.29, 0.717) is 18.6 Å². The first kappa shape index (κ1) is 15.3. The van der Waals surface area contributed by atoms with Crippen LogP contribution in [0.25, 0.3) is 0 Å². The number of fused-ring (bicyclic) bond motifs is 1.